The van der Waals surface area contributed by atoms with Crippen LogP contribution in [-0.4, -0.2) is 30.0 Å². The van der Waals surface area contributed by atoms with Crippen molar-refractivity contribution in [3.63, 3.8) is 0 Å². The van der Waals surface area contributed by atoms with E-state index in [9.17, 15) is 28.0 Å². The summed E-state index contributed by atoms with van der Waals surface area (Å²) < 4.78 is 26.6. The quantitative estimate of drug-likeness (QED) is 0.692. The van der Waals surface area contributed by atoms with E-state index in [-0.39, 0.29) is 31.0 Å². The lowest BCUT2D eigenvalue weighted by Crippen LogP contribution is -2.40. The minimum Gasteiger partial charge on any atom is -0.338 e. The van der Waals surface area contributed by atoms with Gasteiger partial charge >= 0.3 is 6.03 Å². The van der Waals surface area contributed by atoms with E-state index in [1.807, 2.05) is 38.2 Å². The lowest BCUT2D eigenvalue weighted by molar-refractivity contribution is -0.124. The van der Waals surface area contributed by atoms with Crippen LogP contribution in [0.5, 0.6) is 0 Å². The maximum Gasteiger partial charge on any atom is 0.321 e. The molecular formula is C24H24F2N2O4. The van der Waals surface area contributed by atoms with E-state index in [0.29, 0.717) is 6.07 Å². The summed E-state index contributed by atoms with van der Waals surface area (Å²) in [5, 5.41) is 4.38. The number of benzene rings is 2. The number of hydrogen-bond acceptors (Lipinski definition) is 4. The highest BCUT2D eigenvalue weighted by Crippen LogP contribution is 2.37. The monoisotopic (exact) mass is 442 g/mol. The van der Waals surface area contributed by atoms with E-state index in [0.717, 1.165) is 34.4 Å². The van der Waals surface area contributed by atoms with Gasteiger partial charge in [0.05, 0.1) is 5.56 Å². The summed E-state index contributed by atoms with van der Waals surface area (Å²) in [6.45, 7) is 5.77. The van der Waals surface area contributed by atoms with Crippen molar-refractivity contribution in [2.24, 2.45) is 5.92 Å². The molecule has 0 heterocycles. The van der Waals surface area contributed by atoms with E-state index in [4.69, 9.17) is 0 Å². The Bertz CT molecular complexity index is 1090. The number of carbonyl (C=O) groups excluding carboxylic acids is 4. The maximum atomic E-state index is 13.6. The summed E-state index contributed by atoms with van der Waals surface area (Å²) in [5.74, 6) is -4.57. The van der Waals surface area contributed by atoms with Gasteiger partial charge in [-0.2, -0.15) is 0 Å². The highest BCUT2D eigenvalue weighted by atomic mass is 19.1. The smallest absolute Gasteiger partial charge is 0.321 e. The molecular weight excluding hydrogens is 418 g/mol. The van der Waals surface area contributed by atoms with Crippen LogP contribution in [0.2, 0.25) is 0 Å². The Balaban J connectivity index is 1.56. The molecule has 8 heteroatoms. The molecule has 32 heavy (non-hydrogen) atoms. The first kappa shape index (κ1) is 23.2. The van der Waals surface area contributed by atoms with Crippen LogP contribution in [0.25, 0.3) is 0 Å². The van der Waals surface area contributed by atoms with Crippen LogP contribution >= 0.6 is 0 Å². The van der Waals surface area contributed by atoms with Crippen LogP contribution in [0, 0.1) is 38.3 Å². The average Bonchev–Trinajstić information content (AvgIpc) is 2.95. The molecule has 0 saturated heterocycles. The van der Waals surface area contributed by atoms with Crippen molar-refractivity contribution < 1.29 is 28.0 Å². The normalized spacial score (nSPS) is 18.0. The van der Waals surface area contributed by atoms with E-state index < -0.39 is 41.0 Å². The van der Waals surface area contributed by atoms with Gasteiger partial charge in [-0.3, -0.25) is 19.7 Å². The Hall–Kier alpha value is -3.42. The Morgan fingerprint density at radius 1 is 1.03 bits per heavy atom. The fourth-order valence-electron chi connectivity index (χ4n) is 4.30. The number of carbonyl (C=O) groups is 4. The second-order valence-electron chi connectivity index (χ2n) is 8.14. The first-order valence-corrected chi connectivity index (χ1v) is 10.3. The Morgan fingerprint density at radius 3 is 2.31 bits per heavy atom. The van der Waals surface area contributed by atoms with Crippen molar-refractivity contribution >= 4 is 23.5 Å². The molecule has 0 aliphatic heterocycles. The van der Waals surface area contributed by atoms with Crippen molar-refractivity contribution in [2.75, 3.05) is 6.54 Å². The molecule has 0 radical (unpaired) electrons. The highest BCUT2D eigenvalue weighted by molar-refractivity contribution is 6.15. The van der Waals surface area contributed by atoms with Gasteiger partial charge in [-0.05, 0) is 56.0 Å². The summed E-state index contributed by atoms with van der Waals surface area (Å²) in [6.07, 6.45) is 0.330. The molecule has 2 aromatic carbocycles. The molecule has 1 aliphatic carbocycles. The number of hydrogen-bond donors (Lipinski definition) is 2. The van der Waals surface area contributed by atoms with Crippen LogP contribution in [0.1, 0.15) is 51.4 Å². The van der Waals surface area contributed by atoms with Gasteiger partial charge in [-0.15, -0.1) is 0 Å². The van der Waals surface area contributed by atoms with Crippen molar-refractivity contribution in [3.05, 3.63) is 69.8 Å². The van der Waals surface area contributed by atoms with Crippen LogP contribution < -0.4 is 10.6 Å². The van der Waals surface area contributed by atoms with Crippen molar-refractivity contribution in [1.82, 2.24) is 10.6 Å². The first-order chi connectivity index (χ1) is 15.1. The number of aryl methyl sites for hydroxylation is 3. The number of nitrogens with one attached hydrogen (secondary N) is 2. The molecule has 2 N–H and O–H groups in total. The number of rotatable bonds is 5. The molecule has 3 amide bonds. The zero-order chi connectivity index (χ0) is 23.6. The fourth-order valence-corrected chi connectivity index (χ4v) is 4.30. The second kappa shape index (κ2) is 9.38. The van der Waals surface area contributed by atoms with Gasteiger partial charge in [0, 0.05) is 24.9 Å². The average molecular weight is 442 g/mol. The standard InChI is InChI=1S/C24H24F2N2O4/c1-12-8-13(2)20(14(3)9-12)21-19(29)10-15(22(21)30)6-7-27-24(32)28-23(31)17-5-4-16(25)11-18(17)26/h4-5,8-9,11,15,21H,6-7,10H2,1-3H3,(H2,27,28,31,32). The zero-order valence-corrected chi connectivity index (χ0v) is 18.1. The summed E-state index contributed by atoms with van der Waals surface area (Å²) in [5.41, 5.74) is 3.15. The van der Waals surface area contributed by atoms with Gasteiger partial charge in [0.1, 0.15) is 23.3 Å². The van der Waals surface area contributed by atoms with Crippen LogP contribution in [0.3, 0.4) is 0 Å². The predicted octanol–water partition coefficient (Wildman–Crippen LogP) is 3.66. The molecule has 3 rings (SSSR count). The van der Waals surface area contributed by atoms with E-state index in [2.05, 4.69) is 5.32 Å². The SMILES string of the molecule is Cc1cc(C)c(C2C(=O)CC(CCNC(=O)NC(=O)c3ccc(F)cc3F)C2=O)c(C)c1. The summed E-state index contributed by atoms with van der Waals surface area (Å²) in [6, 6.07) is 5.41. The van der Waals surface area contributed by atoms with Crippen LogP contribution in [-0.2, 0) is 9.59 Å². The van der Waals surface area contributed by atoms with Gasteiger partial charge in [0.25, 0.3) is 5.91 Å². The molecule has 1 fully saturated rings. The Kier molecular flexibility index (Phi) is 6.81. The predicted molar refractivity (Wildman–Crippen MR) is 113 cm³/mol. The molecule has 1 saturated carbocycles. The molecule has 2 atom stereocenters. The summed E-state index contributed by atoms with van der Waals surface area (Å²) in [7, 11) is 0. The Labute approximate surface area is 184 Å². The van der Waals surface area contributed by atoms with Gasteiger partial charge in [-0.25, -0.2) is 13.6 Å². The van der Waals surface area contributed by atoms with E-state index in [1.54, 1.807) is 0 Å². The number of halogens is 2. The molecule has 2 unspecified atom stereocenters. The number of amides is 3. The molecule has 0 bridgehead atoms. The number of Topliss-reactive ketones (excluding diaryl/α,β-unsaturated/α-hetero) is 2. The summed E-state index contributed by atoms with van der Waals surface area (Å²) in [4.78, 5) is 49.4. The first-order valence-electron chi connectivity index (χ1n) is 10.3. The minimum atomic E-state index is -1.09. The number of ketones is 2. The lowest BCUT2D eigenvalue weighted by atomic mass is 9.86. The molecule has 1 aliphatic rings. The van der Waals surface area contributed by atoms with Crippen LogP contribution in [0.15, 0.2) is 30.3 Å². The molecule has 168 valence electrons. The van der Waals surface area contributed by atoms with Gasteiger partial charge < -0.3 is 5.32 Å². The van der Waals surface area contributed by atoms with E-state index in [1.165, 1.54) is 0 Å². The largest absolute Gasteiger partial charge is 0.338 e. The summed E-state index contributed by atoms with van der Waals surface area (Å²) >= 11 is 0. The zero-order valence-electron chi connectivity index (χ0n) is 18.1. The van der Waals surface area contributed by atoms with Crippen molar-refractivity contribution in [2.45, 2.75) is 39.5 Å². The van der Waals surface area contributed by atoms with Crippen molar-refractivity contribution in [3.8, 4) is 0 Å². The second-order valence-corrected chi connectivity index (χ2v) is 8.14. The molecule has 0 aromatic heterocycles. The molecule has 6 nitrogen and oxygen atoms in total. The minimum absolute atomic E-state index is 0.0489. The maximum absolute atomic E-state index is 13.6. The highest BCUT2D eigenvalue weighted by Gasteiger charge is 2.42. The molecule has 0 spiro atoms. The topological polar surface area (TPSA) is 92.3 Å². The third-order valence-electron chi connectivity index (χ3n) is 5.66. The van der Waals surface area contributed by atoms with Gasteiger partial charge in [-0.1, -0.05) is 17.7 Å². The third-order valence-corrected chi connectivity index (χ3v) is 5.66. The van der Waals surface area contributed by atoms with Crippen molar-refractivity contribution in [1.29, 1.82) is 0 Å². The van der Waals surface area contributed by atoms with Crippen LogP contribution in [0.4, 0.5) is 13.6 Å². The number of imide groups is 1. The Morgan fingerprint density at radius 2 is 1.69 bits per heavy atom. The van der Waals surface area contributed by atoms with Gasteiger partial charge in [0.2, 0.25) is 0 Å². The number of urea groups is 1. The third kappa shape index (κ3) is 4.90. The van der Waals surface area contributed by atoms with E-state index >= 15 is 0 Å². The van der Waals surface area contributed by atoms with Gasteiger partial charge in [0.15, 0.2) is 5.78 Å². The molecule has 2 aromatic rings. The lowest BCUT2D eigenvalue weighted by Gasteiger charge is -2.16. The fraction of sp³-hybridized carbons (Fsp3) is 0.333.